The van der Waals surface area contributed by atoms with E-state index in [2.05, 4.69) is 0 Å². The molecule has 2 aliphatic carbocycles. The Balaban J connectivity index is 1.81. The van der Waals surface area contributed by atoms with Gasteiger partial charge in [-0.25, -0.2) is 4.79 Å². The summed E-state index contributed by atoms with van der Waals surface area (Å²) in [6, 6.07) is 2.97. The Bertz CT molecular complexity index is 674. The van der Waals surface area contributed by atoms with E-state index in [0.29, 0.717) is 11.8 Å². The van der Waals surface area contributed by atoms with Gasteiger partial charge in [-0.2, -0.15) is 0 Å². The first-order chi connectivity index (χ1) is 11.0. The molecule has 0 radical (unpaired) electrons. The zero-order valence-corrected chi connectivity index (χ0v) is 12.3. The number of fused-ring (bicyclic) bond motifs is 2. The SMILES string of the molecule is O=C(O[C@@H]1C[C@H]2CCC[C@@H]1C2)c1ccc([N+](=O)[O-])cc1[N+](=O)[O-]. The maximum atomic E-state index is 12.3. The van der Waals surface area contributed by atoms with Crippen LogP contribution < -0.4 is 0 Å². The van der Waals surface area contributed by atoms with Crippen LogP contribution in [0, 0.1) is 32.1 Å². The Kier molecular flexibility index (Phi) is 3.97. The van der Waals surface area contributed by atoms with Crippen molar-refractivity contribution in [2.45, 2.75) is 38.2 Å². The number of hydrogen-bond donors (Lipinski definition) is 0. The second-order valence-corrected chi connectivity index (χ2v) is 6.19. The summed E-state index contributed by atoms with van der Waals surface area (Å²) in [6.07, 6.45) is 4.92. The van der Waals surface area contributed by atoms with Crippen LogP contribution in [0.4, 0.5) is 11.4 Å². The summed E-state index contributed by atoms with van der Waals surface area (Å²) in [6.45, 7) is 0. The summed E-state index contributed by atoms with van der Waals surface area (Å²) in [5, 5.41) is 21.8. The van der Waals surface area contributed by atoms with Crippen molar-refractivity contribution in [2.75, 3.05) is 0 Å². The zero-order chi connectivity index (χ0) is 16.6. The fraction of sp³-hybridized carbons (Fsp3) is 0.533. The summed E-state index contributed by atoms with van der Waals surface area (Å²) in [5.41, 5.74) is -1.25. The van der Waals surface area contributed by atoms with Crippen molar-refractivity contribution in [3.8, 4) is 0 Å². The first-order valence-electron chi connectivity index (χ1n) is 7.59. The van der Waals surface area contributed by atoms with Gasteiger partial charge in [-0.1, -0.05) is 12.8 Å². The van der Waals surface area contributed by atoms with E-state index in [1.54, 1.807) is 0 Å². The molecule has 3 atom stereocenters. The highest BCUT2D eigenvalue weighted by Crippen LogP contribution is 2.44. The molecule has 0 aliphatic heterocycles. The van der Waals surface area contributed by atoms with E-state index < -0.39 is 27.2 Å². The van der Waals surface area contributed by atoms with Crippen LogP contribution in [0.15, 0.2) is 18.2 Å². The van der Waals surface area contributed by atoms with Gasteiger partial charge in [-0.3, -0.25) is 20.2 Å². The molecule has 0 N–H and O–H groups in total. The molecule has 0 heterocycles. The van der Waals surface area contributed by atoms with Gasteiger partial charge in [0.05, 0.1) is 15.9 Å². The van der Waals surface area contributed by atoms with Crippen molar-refractivity contribution in [1.82, 2.24) is 0 Å². The van der Waals surface area contributed by atoms with Gasteiger partial charge in [0, 0.05) is 6.07 Å². The predicted octanol–water partition coefficient (Wildman–Crippen LogP) is 3.24. The topological polar surface area (TPSA) is 113 Å². The number of benzene rings is 1. The molecule has 0 aromatic heterocycles. The minimum atomic E-state index is -0.795. The normalized spacial score (nSPS) is 25.8. The van der Waals surface area contributed by atoms with Crippen LogP contribution >= 0.6 is 0 Å². The number of nitrogens with zero attached hydrogens (tertiary/aromatic N) is 2. The predicted molar refractivity (Wildman–Crippen MR) is 79.0 cm³/mol. The molecule has 2 fully saturated rings. The van der Waals surface area contributed by atoms with Crippen LogP contribution in [-0.2, 0) is 4.74 Å². The molecule has 0 saturated heterocycles. The number of non-ortho nitro benzene ring substituents is 1. The molecule has 0 spiro atoms. The average molecular weight is 320 g/mol. The molecule has 2 bridgehead atoms. The van der Waals surface area contributed by atoms with Gasteiger partial charge in [0.1, 0.15) is 11.7 Å². The summed E-state index contributed by atoms with van der Waals surface area (Å²) in [4.78, 5) is 32.6. The molecule has 0 unspecified atom stereocenters. The zero-order valence-electron chi connectivity index (χ0n) is 12.3. The highest BCUT2D eigenvalue weighted by Gasteiger charge is 2.40. The quantitative estimate of drug-likeness (QED) is 0.478. The van der Waals surface area contributed by atoms with Crippen molar-refractivity contribution in [2.24, 2.45) is 11.8 Å². The molecule has 2 aliphatic rings. The first-order valence-corrected chi connectivity index (χ1v) is 7.59. The molecular formula is C15H16N2O6. The molecule has 2 saturated carbocycles. The van der Waals surface area contributed by atoms with E-state index >= 15 is 0 Å². The van der Waals surface area contributed by atoms with Crippen LogP contribution in [-0.4, -0.2) is 21.9 Å². The van der Waals surface area contributed by atoms with Gasteiger partial charge in [-0.15, -0.1) is 0 Å². The van der Waals surface area contributed by atoms with E-state index in [1.165, 1.54) is 0 Å². The van der Waals surface area contributed by atoms with Gasteiger partial charge < -0.3 is 4.74 Å². The Morgan fingerprint density at radius 2 is 1.91 bits per heavy atom. The van der Waals surface area contributed by atoms with Gasteiger partial charge in [0.15, 0.2) is 0 Å². The Hall–Kier alpha value is -2.51. The monoisotopic (exact) mass is 320 g/mol. The molecule has 1 aromatic rings. The van der Waals surface area contributed by atoms with Gasteiger partial charge in [0.25, 0.3) is 11.4 Å². The third-order valence-corrected chi connectivity index (χ3v) is 4.78. The molecule has 8 heteroatoms. The van der Waals surface area contributed by atoms with Crippen LogP contribution in [0.25, 0.3) is 0 Å². The fourth-order valence-corrected chi connectivity index (χ4v) is 3.71. The number of ether oxygens (including phenoxy) is 1. The maximum Gasteiger partial charge on any atom is 0.345 e. The molecule has 122 valence electrons. The summed E-state index contributed by atoms with van der Waals surface area (Å²) >= 11 is 0. The first kappa shape index (κ1) is 15.4. The largest absolute Gasteiger partial charge is 0.458 e. The Labute approximate surface area is 131 Å². The lowest BCUT2D eigenvalue weighted by Gasteiger charge is -2.20. The van der Waals surface area contributed by atoms with E-state index in [1.807, 2.05) is 0 Å². The second kappa shape index (κ2) is 5.94. The minimum absolute atomic E-state index is 0.204. The molecule has 3 rings (SSSR count). The summed E-state index contributed by atoms with van der Waals surface area (Å²) in [5.74, 6) is 0.123. The molecule has 8 nitrogen and oxygen atoms in total. The van der Waals surface area contributed by atoms with E-state index in [4.69, 9.17) is 4.74 Å². The van der Waals surface area contributed by atoms with Gasteiger partial charge >= 0.3 is 5.97 Å². The van der Waals surface area contributed by atoms with Gasteiger partial charge in [-0.05, 0) is 37.2 Å². The molecular weight excluding hydrogens is 304 g/mol. The van der Waals surface area contributed by atoms with Crippen molar-refractivity contribution in [1.29, 1.82) is 0 Å². The van der Waals surface area contributed by atoms with E-state index in [-0.39, 0.29) is 11.7 Å². The number of esters is 1. The second-order valence-electron chi connectivity index (χ2n) is 6.19. The number of nitro groups is 2. The summed E-state index contributed by atoms with van der Waals surface area (Å²) in [7, 11) is 0. The highest BCUT2D eigenvalue weighted by molar-refractivity contribution is 5.94. The third-order valence-electron chi connectivity index (χ3n) is 4.78. The lowest BCUT2D eigenvalue weighted by atomic mass is 9.89. The van der Waals surface area contributed by atoms with Crippen LogP contribution in [0.2, 0.25) is 0 Å². The number of nitro benzene ring substituents is 2. The standard InChI is InChI=1S/C15H16N2O6/c18-15(23-14-7-9-2-1-3-10(14)6-9)12-5-4-11(16(19)20)8-13(12)17(21)22/h4-5,8-10,14H,1-3,6-7H2/t9-,10+,14+/m0/s1. The van der Waals surface area contributed by atoms with Crippen molar-refractivity contribution < 1.29 is 19.4 Å². The highest BCUT2D eigenvalue weighted by atomic mass is 16.6. The maximum absolute atomic E-state index is 12.3. The lowest BCUT2D eigenvalue weighted by Crippen LogP contribution is -2.22. The average Bonchev–Trinajstić information content (AvgIpc) is 2.79. The fourth-order valence-electron chi connectivity index (χ4n) is 3.71. The Morgan fingerprint density at radius 1 is 1.13 bits per heavy atom. The molecule has 1 aromatic carbocycles. The number of rotatable bonds is 4. The van der Waals surface area contributed by atoms with E-state index in [0.717, 1.165) is 50.3 Å². The van der Waals surface area contributed by atoms with Crippen LogP contribution in [0.3, 0.4) is 0 Å². The number of hydrogen-bond acceptors (Lipinski definition) is 6. The smallest absolute Gasteiger partial charge is 0.345 e. The lowest BCUT2D eigenvalue weighted by molar-refractivity contribution is -0.394. The van der Waals surface area contributed by atoms with Crippen molar-refractivity contribution in [3.05, 3.63) is 44.0 Å². The van der Waals surface area contributed by atoms with Crippen LogP contribution in [0.1, 0.15) is 42.5 Å². The van der Waals surface area contributed by atoms with Crippen molar-refractivity contribution >= 4 is 17.3 Å². The van der Waals surface area contributed by atoms with Crippen molar-refractivity contribution in [3.63, 3.8) is 0 Å². The van der Waals surface area contributed by atoms with E-state index in [9.17, 15) is 25.0 Å². The van der Waals surface area contributed by atoms with Crippen LogP contribution in [0.5, 0.6) is 0 Å². The molecule has 23 heavy (non-hydrogen) atoms. The Morgan fingerprint density at radius 3 is 2.57 bits per heavy atom. The third kappa shape index (κ3) is 3.01. The minimum Gasteiger partial charge on any atom is -0.458 e. The van der Waals surface area contributed by atoms with Gasteiger partial charge in [0.2, 0.25) is 0 Å². The number of carbonyl (C=O) groups is 1. The molecule has 0 amide bonds. The number of carbonyl (C=O) groups excluding carboxylic acids is 1. The summed E-state index contributed by atoms with van der Waals surface area (Å²) < 4.78 is 5.49.